The Morgan fingerprint density at radius 1 is 1.11 bits per heavy atom. The van der Waals surface area contributed by atoms with Gasteiger partial charge in [0, 0.05) is 5.57 Å². The third kappa shape index (κ3) is 2.53. The summed E-state index contributed by atoms with van der Waals surface area (Å²) in [5.41, 5.74) is 1.48. The highest BCUT2D eigenvalue weighted by Crippen LogP contribution is 2.29. The van der Waals surface area contributed by atoms with Crippen LogP contribution >= 0.6 is 0 Å². The molecular weight excluding hydrogens is 232 g/mol. The second-order valence-electron chi connectivity index (χ2n) is 4.35. The molecule has 1 unspecified atom stereocenters. The molecule has 1 aliphatic rings. The van der Waals surface area contributed by atoms with E-state index in [4.69, 9.17) is 9.47 Å². The number of rotatable bonds is 3. The van der Waals surface area contributed by atoms with Crippen LogP contribution in [0.1, 0.15) is 20.8 Å². The minimum atomic E-state index is -0.512. The van der Waals surface area contributed by atoms with E-state index in [2.05, 4.69) is 0 Å². The zero-order valence-electron chi connectivity index (χ0n) is 11.4. The van der Waals surface area contributed by atoms with Crippen molar-refractivity contribution in [2.24, 2.45) is 5.92 Å². The first kappa shape index (κ1) is 14.2. The van der Waals surface area contributed by atoms with E-state index >= 15 is 0 Å². The van der Waals surface area contributed by atoms with E-state index in [1.54, 1.807) is 13.0 Å². The minimum Gasteiger partial charge on any atom is -0.490 e. The Kier molecular flexibility index (Phi) is 4.48. The van der Waals surface area contributed by atoms with Crippen LogP contribution in [0.25, 0.3) is 0 Å². The standard InChI is InChI=1S/C14H18O4/c1-8(2)6-7-10-9(3)11(15)13(17-4)14(18-5)12(10)16/h6-7,9H,1-5H3. The molecule has 18 heavy (non-hydrogen) atoms. The fraction of sp³-hybridized carbons (Fsp3) is 0.429. The molecule has 0 saturated heterocycles. The van der Waals surface area contributed by atoms with Crippen LogP contribution in [0.5, 0.6) is 0 Å². The predicted octanol–water partition coefficient (Wildman–Crippen LogP) is 2.17. The molecule has 98 valence electrons. The Hall–Kier alpha value is -1.84. The largest absolute Gasteiger partial charge is 0.490 e. The van der Waals surface area contributed by atoms with Gasteiger partial charge in [0.1, 0.15) is 0 Å². The van der Waals surface area contributed by atoms with Crippen molar-refractivity contribution in [1.29, 1.82) is 0 Å². The summed E-state index contributed by atoms with van der Waals surface area (Å²) in [4.78, 5) is 24.2. The van der Waals surface area contributed by atoms with Gasteiger partial charge in [0.15, 0.2) is 0 Å². The van der Waals surface area contributed by atoms with Crippen LogP contribution in [-0.4, -0.2) is 25.8 Å². The smallest absolute Gasteiger partial charge is 0.228 e. The summed E-state index contributed by atoms with van der Waals surface area (Å²) in [5.74, 6) is -1.05. The lowest BCUT2D eigenvalue weighted by molar-refractivity contribution is -0.126. The van der Waals surface area contributed by atoms with E-state index in [9.17, 15) is 9.59 Å². The van der Waals surface area contributed by atoms with Gasteiger partial charge in [-0.3, -0.25) is 9.59 Å². The lowest BCUT2D eigenvalue weighted by Crippen LogP contribution is -2.31. The highest BCUT2D eigenvalue weighted by atomic mass is 16.5. The molecule has 0 fully saturated rings. The number of ether oxygens (including phenoxy) is 2. The molecule has 4 heteroatoms. The van der Waals surface area contributed by atoms with Gasteiger partial charge in [-0.05, 0) is 13.8 Å². The molecule has 0 spiro atoms. The Morgan fingerprint density at radius 2 is 1.67 bits per heavy atom. The zero-order valence-corrected chi connectivity index (χ0v) is 11.4. The number of carbonyl (C=O) groups is 2. The minimum absolute atomic E-state index is 0.00403. The van der Waals surface area contributed by atoms with Crippen molar-refractivity contribution in [3.05, 3.63) is 34.8 Å². The van der Waals surface area contributed by atoms with E-state index in [1.165, 1.54) is 14.2 Å². The second-order valence-corrected chi connectivity index (χ2v) is 4.35. The molecule has 4 nitrogen and oxygen atoms in total. The maximum Gasteiger partial charge on any atom is 0.228 e. The van der Waals surface area contributed by atoms with E-state index in [-0.39, 0.29) is 23.1 Å². The van der Waals surface area contributed by atoms with Gasteiger partial charge >= 0.3 is 0 Å². The van der Waals surface area contributed by atoms with Crippen LogP contribution in [0, 0.1) is 5.92 Å². The molecule has 0 heterocycles. The van der Waals surface area contributed by atoms with Crippen molar-refractivity contribution >= 4 is 11.6 Å². The average Bonchev–Trinajstić information content (AvgIpc) is 2.32. The number of carbonyl (C=O) groups excluding carboxylic acids is 2. The fourth-order valence-electron chi connectivity index (χ4n) is 1.74. The van der Waals surface area contributed by atoms with E-state index in [0.29, 0.717) is 5.57 Å². The molecule has 1 atom stereocenters. The van der Waals surface area contributed by atoms with Gasteiger partial charge in [-0.1, -0.05) is 24.6 Å². The topological polar surface area (TPSA) is 52.6 Å². The van der Waals surface area contributed by atoms with E-state index < -0.39 is 5.92 Å². The highest BCUT2D eigenvalue weighted by Gasteiger charge is 2.38. The van der Waals surface area contributed by atoms with E-state index in [1.807, 2.05) is 19.9 Å². The van der Waals surface area contributed by atoms with Crippen molar-refractivity contribution in [3.8, 4) is 0 Å². The van der Waals surface area contributed by atoms with Crippen molar-refractivity contribution in [3.63, 3.8) is 0 Å². The van der Waals surface area contributed by atoms with Crippen molar-refractivity contribution < 1.29 is 19.1 Å². The molecule has 0 N–H and O–H groups in total. The monoisotopic (exact) mass is 250 g/mol. The van der Waals surface area contributed by atoms with Gasteiger partial charge in [-0.25, -0.2) is 0 Å². The van der Waals surface area contributed by atoms with Crippen LogP contribution in [-0.2, 0) is 19.1 Å². The number of hydrogen-bond acceptors (Lipinski definition) is 4. The molecule has 0 amide bonds. The van der Waals surface area contributed by atoms with Gasteiger partial charge in [-0.15, -0.1) is 0 Å². The van der Waals surface area contributed by atoms with Crippen molar-refractivity contribution in [2.45, 2.75) is 20.8 Å². The third-order valence-corrected chi connectivity index (χ3v) is 2.76. The van der Waals surface area contributed by atoms with Crippen molar-refractivity contribution in [2.75, 3.05) is 14.2 Å². The second kappa shape index (κ2) is 5.67. The quantitative estimate of drug-likeness (QED) is 0.720. The molecule has 0 aromatic heterocycles. The molecule has 0 aliphatic heterocycles. The van der Waals surface area contributed by atoms with Gasteiger partial charge in [0.2, 0.25) is 23.1 Å². The summed E-state index contributed by atoms with van der Waals surface area (Å²) in [6, 6.07) is 0. The van der Waals surface area contributed by atoms with Crippen LogP contribution in [0.4, 0.5) is 0 Å². The summed E-state index contributed by atoms with van der Waals surface area (Å²) in [6.07, 6.45) is 3.48. The van der Waals surface area contributed by atoms with Crippen LogP contribution in [0.15, 0.2) is 34.8 Å². The van der Waals surface area contributed by atoms with Gasteiger partial charge in [-0.2, -0.15) is 0 Å². The number of hydrogen-bond donors (Lipinski definition) is 0. The van der Waals surface area contributed by atoms with Gasteiger partial charge in [0.05, 0.1) is 20.1 Å². The number of ketones is 2. The molecular formula is C14H18O4. The Morgan fingerprint density at radius 3 is 2.11 bits per heavy atom. The maximum atomic E-state index is 12.2. The zero-order chi connectivity index (χ0) is 13.9. The summed E-state index contributed by atoms with van der Waals surface area (Å²) in [5, 5.41) is 0. The molecule has 0 aromatic rings. The number of allylic oxidation sites excluding steroid dienone is 5. The first-order valence-corrected chi connectivity index (χ1v) is 5.70. The molecule has 0 bridgehead atoms. The fourth-order valence-corrected chi connectivity index (χ4v) is 1.74. The predicted molar refractivity (Wildman–Crippen MR) is 67.7 cm³/mol. The van der Waals surface area contributed by atoms with Gasteiger partial charge in [0.25, 0.3) is 0 Å². The van der Waals surface area contributed by atoms with Crippen LogP contribution in [0.2, 0.25) is 0 Å². The Balaban J connectivity index is 3.33. The average molecular weight is 250 g/mol. The lowest BCUT2D eigenvalue weighted by atomic mass is 9.85. The summed E-state index contributed by atoms with van der Waals surface area (Å²) in [7, 11) is 2.71. The van der Waals surface area contributed by atoms with Crippen molar-refractivity contribution in [1.82, 2.24) is 0 Å². The first-order chi connectivity index (χ1) is 8.43. The normalized spacial score (nSPS) is 22.3. The maximum absolute atomic E-state index is 12.2. The van der Waals surface area contributed by atoms with E-state index in [0.717, 1.165) is 5.57 Å². The first-order valence-electron chi connectivity index (χ1n) is 5.70. The lowest BCUT2D eigenvalue weighted by Gasteiger charge is -2.22. The number of methoxy groups -OCH3 is 2. The Bertz CT molecular complexity index is 462. The molecule has 0 aromatic carbocycles. The van der Waals surface area contributed by atoms with Crippen LogP contribution in [0.3, 0.4) is 0 Å². The molecule has 1 aliphatic carbocycles. The van der Waals surface area contributed by atoms with Crippen LogP contribution < -0.4 is 0 Å². The number of Topliss-reactive ketones (excluding diaryl/α,β-unsaturated/α-hetero) is 2. The summed E-state index contributed by atoms with van der Waals surface area (Å²) >= 11 is 0. The SMILES string of the molecule is COC1=C(OC)C(=O)C(C)C(=CC=C(C)C)C1=O. The summed E-state index contributed by atoms with van der Waals surface area (Å²) in [6.45, 7) is 5.53. The highest BCUT2D eigenvalue weighted by molar-refractivity contribution is 6.19. The molecule has 0 saturated carbocycles. The van der Waals surface area contributed by atoms with Gasteiger partial charge < -0.3 is 9.47 Å². The third-order valence-electron chi connectivity index (χ3n) is 2.76. The summed E-state index contributed by atoms with van der Waals surface area (Å²) < 4.78 is 9.95. The Labute approximate surface area is 107 Å². The molecule has 0 radical (unpaired) electrons. The molecule has 1 rings (SSSR count).